The molecule has 49 heavy (non-hydrogen) atoms. The molecule has 0 saturated carbocycles. The molecule has 1 aliphatic carbocycles. The maximum Gasteiger partial charge on any atom is 0.416 e. The lowest BCUT2D eigenvalue weighted by Gasteiger charge is -2.17. The van der Waals surface area contributed by atoms with E-state index in [9.17, 15) is 35.5 Å². The summed E-state index contributed by atoms with van der Waals surface area (Å²) in [6.07, 6.45) is -8.49. The van der Waals surface area contributed by atoms with Crippen molar-refractivity contribution in [3.63, 3.8) is 0 Å². The first kappa shape index (κ1) is 35.2. The van der Waals surface area contributed by atoms with E-state index in [1.165, 1.54) is 53.4 Å². The Morgan fingerprint density at radius 3 is 2.14 bits per heavy atom. The van der Waals surface area contributed by atoms with Crippen molar-refractivity contribution in [1.82, 2.24) is 15.0 Å². The number of hydrogen-bond donors (Lipinski definition) is 2. The highest BCUT2D eigenvalue weighted by molar-refractivity contribution is 6.31. The number of benzene rings is 4. The predicted octanol–water partition coefficient (Wildman–Crippen LogP) is 8.35. The highest BCUT2D eigenvalue weighted by Gasteiger charge is 2.37. The molecule has 7 nitrogen and oxygen atoms in total. The number of aromatic carboxylic acids is 1. The summed E-state index contributed by atoms with van der Waals surface area (Å²) in [4.78, 5) is 12.4. The Morgan fingerprint density at radius 2 is 1.55 bits per heavy atom. The number of nitrogens with zero attached hydrogens (tertiary/aromatic N) is 4. The predicted molar refractivity (Wildman–Crippen MR) is 170 cm³/mol. The fourth-order valence-electron chi connectivity index (χ4n) is 5.59. The van der Waals surface area contributed by atoms with Gasteiger partial charge in [-0.3, -0.25) is 0 Å². The van der Waals surface area contributed by atoms with Crippen LogP contribution < -0.4 is 10.6 Å². The normalized spacial score (nSPS) is 12.2. The first-order valence-corrected chi connectivity index (χ1v) is 14.9. The molecule has 0 radical (unpaired) electrons. The fourth-order valence-corrected chi connectivity index (χ4v) is 5.82. The summed E-state index contributed by atoms with van der Waals surface area (Å²) in [6.45, 7) is -0.527. The Morgan fingerprint density at radius 1 is 0.918 bits per heavy atom. The van der Waals surface area contributed by atoms with Gasteiger partial charge in [0.15, 0.2) is 5.82 Å². The van der Waals surface area contributed by atoms with Crippen LogP contribution in [-0.4, -0.2) is 40.2 Å². The van der Waals surface area contributed by atoms with E-state index in [0.29, 0.717) is 23.6 Å². The van der Waals surface area contributed by atoms with Gasteiger partial charge in [-0.15, -0.1) is 5.10 Å². The minimum absolute atomic E-state index is 0.0143. The largest absolute Gasteiger partial charge is 0.476 e. The fraction of sp³-hybridized carbons (Fsp3) is 0.206. The molecule has 3 N–H and O–H groups in total. The van der Waals surface area contributed by atoms with Crippen molar-refractivity contribution in [3.05, 3.63) is 128 Å². The van der Waals surface area contributed by atoms with Gasteiger partial charge in [-0.1, -0.05) is 59.3 Å². The molecule has 0 fully saturated rings. The molecule has 1 aromatic heterocycles. The Bertz CT molecular complexity index is 2010. The second kappa shape index (κ2) is 13.4. The summed E-state index contributed by atoms with van der Waals surface area (Å²) in [6, 6.07) is 18.2. The van der Waals surface area contributed by atoms with Gasteiger partial charge in [-0.25, -0.2) is 13.9 Å². The van der Waals surface area contributed by atoms with Crippen LogP contribution in [0.1, 0.15) is 49.4 Å². The monoisotopic (exact) mass is 705 g/mol. The second-order valence-electron chi connectivity index (χ2n) is 11.4. The number of anilines is 2. The molecule has 0 spiro atoms. The molecule has 0 saturated heterocycles. The van der Waals surface area contributed by atoms with Crippen molar-refractivity contribution in [2.24, 2.45) is 0 Å². The number of hydrogen-bond acceptors (Lipinski definition) is 5. The molecule has 5 aromatic rings. The van der Waals surface area contributed by atoms with Gasteiger partial charge in [0, 0.05) is 37.6 Å². The molecule has 0 amide bonds. The number of fused-ring (bicyclic) bond motifs is 3. The van der Waals surface area contributed by atoms with Crippen LogP contribution in [0.3, 0.4) is 0 Å². The van der Waals surface area contributed by atoms with E-state index >= 15 is 0 Å². The SMILES string of the molecule is CN(C)c1c(C(=O)O)nnn1Cc1cc(C(F)(F)F)cc(C(F)(F)F)c1.Nc1c(Cc2ccc(F)cc2Cl)ccc2c1Cc1ccccc1-2. The Hall–Kier alpha value is -5.11. The maximum atomic E-state index is 13.2. The van der Waals surface area contributed by atoms with Gasteiger partial charge < -0.3 is 15.7 Å². The van der Waals surface area contributed by atoms with E-state index in [2.05, 4.69) is 46.7 Å². The molecule has 0 aliphatic heterocycles. The van der Waals surface area contributed by atoms with Gasteiger partial charge in [-0.05, 0) is 69.3 Å². The molecule has 1 aliphatic rings. The molecule has 256 valence electrons. The average molecular weight is 706 g/mol. The maximum absolute atomic E-state index is 13.2. The third kappa shape index (κ3) is 7.64. The quantitative estimate of drug-likeness (QED) is 0.134. The van der Waals surface area contributed by atoms with Gasteiger partial charge in [0.1, 0.15) is 5.82 Å². The lowest BCUT2D eigenvalue weighted by atomic mass is 9.97. The van der Waals surface area contributed by atoms with E-state index in [4.69, 9.17) is 22.4 Å². The van der Waals surface area contributed by atoms with E-state index in [1.807, 2.05) is 0 Å². The van der Waals surface area contributed by atoms with Crippen LogP contribution in [0, 0.1) is 5.82 Å². The number of nitrogens with two attached hydrogens (primary N) is 1. The molecule has 15 heteroatoms. The number of nitrogen functional groups attached to an aromatic ring is 1. The smallest absolute Gasteiger partial charge is 0.416 e. The molecule has 4 aromatic carbocycles. The van der Waals surface area contributed by atoms with Gasteiger partial charge in [0.25, 0.3) is 0 Å². The van der Waals surface area contributed by atoms with Crippen molar-refractivity contribution in [3.8, 4) is 11.1 Å². The summed E-state index contributed by atoms with van der Waals surface area (Å²) >= 11 is 6.14. The first-order chi connectivity index (χ1) is 22.9. The van der Waals surface area contributed by atoms with Crippen LogP contribution in [0.2, 0.25) is 5.02 Å². The molecule has 0 bridgehead atoms. The summed E-state index contributed by atoms with van der Waals surface area (Å²) in [7, 11) is 2.88. The highest BCUT2D eigenvalue weighted by Crippen LogP contribution is 2.41. The van der Waals surface area contributed by atoms with Crippen molar-refractivity contribution in [2.45, 2.75) is 31.7 Å². The molecule has 6 rings (SSSR count). The van der Waals surface area contributed by atoms with E-state index in [1.54, 1.807) is 6.07 Å². The number of carboxylic acids is 1. The summed E-state index contributed by atoms with van der Waals surface area (Å²) in [5, 5.41) is 16.4. The zero-order chi connectivity index (χ0) is 35.8. The van der Waals surface area contributed by atoms with Crippen molar-refractivity contribution >= 4 is 29.1 Å². The van der Waals surface area contributed by atoms with E-state index in [-0.39, 0.29) is 23.3 Å². The van der Waals surface area contributed by atoms with Crippen LogP contribution in [0.25, 0.3) is 11.1 Å². The lowest BCUT2D eigenvalue weighted by molar-refractivity contribution is -0.143. The molecular weight excluding hydrogens is 679 g/mol. The Kier molecular flexibility index (Phi) is 9.64. The minimum Gasteiger partial charge on any atom is -0.476 e. The van der Waals surface area contributed by atoms with Gasteiger partial charge in [-0.2, -0.15) is 26.3 Å². The third-order valence-electron chi connectivity index (χ3n) is 7.83. The Balaban J connectivity index is 0.000000192. The van der Waals surface area contributed by atoms with Crippen LogP contribution in [0.4, 0.5) is 42.2 Å². The van der Waals surface area contributed by atoms with Gasteiger partial charge in [0.05, 0.1) is 17.7 Å². The second-order valence-corrected chi connectivity index (χ2v) is 11.9. The van der Waals surface area contributed by atoms with Crippen LogP contribution in [0.5, 0.6) is 0 Å². The lowest BCUT2D eigenvalue weighted by Crippen LogP contribution is -2.19. The number of carboxylic acid groups (broad SMARTS) is 1. The van der Waals surface area contributed by atoms with Gasteiger partial charge in [0.2, 0.25) is 5.69 Å². The first-order valence-electron chi connectivity index (χ1n) is 14.5. The highest BCUT2D eigenvalue weighted by atomic mass is 35.5. The number of alkyl halides is 6. The molecule has 0 atom stereocenters. The minimum atomic E-state index is -4.98. The zero-order valence-corrected chi connectivity index (χ0v) is 26.6. The summed E-state index contributed by atoms with van der Waals surface area (Å²) < 4.78 is 91.5. The standard InChI is InChI=1S/C20H15ClFN.C14H12F6N4O2/c21-19-11-15(22)7-5-13(19)9-14-6-8-17-16-4-2-1-3-12(16)10-18(17)20(14)23;1-23(2)11-10(12(25)26)21-22-24(11)6-7-3-8(13(15,16)17)5-9(4-7)14(18,19)20/h1-8,11H,9-10,23H2;3-5H,6H2,1-2H3,(H,25,26). The number of carbonyl (C=O) groups is 1. The topological polar surface area (TPSA) is 97.3 Å². The van der Waals surface area contributed by atoms with Crippen molar-refractivity contribution in [2.75, 3.05) is 24.7 Å². The third-order valence-corrected chi connectivity index (χ3v) is 8.18. The molecule has 0 unspecified atom stereocenters. The van der Waals surface area contributed by atoms with E-state index in [0.717, 1.165) is 27.9 Å². The van der Waals surface area contributed by atoms with Crippen LogP contribution >= 0.6 is 11.6 Å². The molecule has 1 heterocycles. The van der Waals surface area contributed by atoms with Crippen LogP contribution in [-0.2, 0) is 31.7 Å². The Labute approximate surface area is 280 Å². The van der Waals surface area contributed by atoms with Crippen molar-refractivity contribution in [1.29, 1.82) is 0 Å². The summed E-state index contributed by atoms with van der Waals surface area (Å²) in [5.74, 6) is -1.82. The summed E-state index contributed by atoms with van der Waals surface area (Å²) in [5.41, 5.74) is 10.4. The molecular formula is C34H27ClF7N5O2. The number of aromatic nitrogens is 3. The number of rotatable bonds is 6. The van der Waals surface area contributed by atoms with Crippen LogP contribution in [0.15, 0.2) is 72.8 Å². The average Bonchev–Trinajstić information content (AvgIpc) is 3.61. The zero-order valence-electron chi connectivity index (χ0n) is 25.8. The number of halogens is 8. The van der Waals surface area contributed by atoms with E-state index < -0.39 is 41.7 Å². The van der Waals surface area contributed by atoms with Crippen molar-refractivity contribution < 1.29 is 40.6 Å². The van der Waals surface area contributed by atoms with Gasteiger partial charge >= 0.3 is 18.3 Å².